The number of fused-ring (bicyclic) bond motifs is 3. The highest BCUT2D eigenvalue weighted by Gasteiger charge is 2.23. The van der Waals surface area contributed by atoms with Gasteiger partial charge in [-0.3, -0.25) is 0 Å². The molecule has 22 heavy (non-hydrogen) atoms. The fourth-order valence-electron chi connectivity index (χ4n) is 2.96. The van der Waals surface area contributed by atoms with Crippen LogP contribution in [0, 0.1) is 6.92 Å². The van der Waals surface area contributed by atoms with E-state index in [2.05, 4.69) is 25.1 Å². The number of hydrogen-bond donors (Lipinski definition) is 0. The quantitative estimate of drug-likeness (QED) is 0.723. The molecule has 1 aliphatic rings. The molecule has 3 aromatic heterocycles. The van der Waals surface area contributed by atoms with Gasteiger partial charge in [-0.25, -0.2) is 18.7 Å². The molecular formula is C14H13F2N5S. The summed E-state index contributed by atoms with van der Waals surface area (Å²) in [6.07, 6.45) is 1.16. The first-order valence-electron chi connectivity index (χ1n) is 7.10. The van der Waals surface area contributed by atoms with E-state index in [1.54, 1.807) is 6.92 Å². The van der Waals surface area contributed by atoms with Gasteiger partial charge in [-0.15, -0.1) is 21.5 Å². The van der Waals surface area contributed by atoms with Crippen LogP contribution in [0.4, 0.5) is 14.6 Å². The summed E-state index contributed by atoms with van der Waals surface area (Å²) < 4.78 is 27.0. The van der Waals surface area contributed by atoms with Crippen LogP contribution in [0.25, 0.3) is 20.4 Å². The fourth-order valence-corrected chi connectivity index (χ4v) is 4.11. The number of nitrogens with zero attached hydrogens (tertiary/aromatic N) is 5. The summed E-state index contributed by atoms with van der Waals surface area (Å²) in [7, 11) is 0. The van der Waals surface area contributed by atoms with E-state index in [1.807, 2.05) is 0 Å². The van der Waals surface area contributed by atoms with Crippen molar-refractivity contribution in [1.29, 1.82) is 0 Å². The van der Waals surface area contributed by atoms with Crippen LogP contribution in [0.5, 0.6) is 0 Å². The van der Waals surface area contributed by atoms with Crippen LogP contribution in [0.2, 0.25) is 0 Å². The van der Waals surface area contributed by atoms with Crippen molar-refractivity contribution >= 4 is 37.6 Å². The SMILES string of the molecule is Cc1c(C(F)F)nnc2sc3c(N4CCCC4)ncnc3c12. The van der Waals surface area contributed by atoms with E-state index in [1.165, 1.54) is 17.7 Å². The van der Waals surface area contributed by atoms with Crippen molar-refractivity contribution in [2.45, 2.75) is 26.2 Å². The average molecular weight is 321 g/mol. The van der Waals surface area contributed by atoms with Crippen LogP contribution in [0.1, 0.15) is 30.5 Å². The maximum atomic E-state index is 13.0. The van der Waals surface area contributed by atoms with Crippen LogP contribution in [0.3, 0.4) is 0 Å². The molecule has 5 nitrogen and oxygen atoms in total. The molecule has 4 rings (SSSR count). The summed E-state index contributed by atoms with van der Waals surface area (Å²) in [4.78, 5) is 11.6. The molecule has 1 fully saturated rings. The lowest BCUT2D eigenvalue weighted by Gasteiger charge is -2.16. The highest BCUT2D eigenvalue weighted by atomic mass is 32.1. The number of anilines is 1. The number of aromatic nitrogens is 4. The third-order valence-electron chi connectivity index (χ3n) is 4.05. The molecule has 114 valence electrons. The number of thiophene rings is 1. The van der Waals surface area contributed by atoms with E-state index >= 15 is 0 Å². The molecule has 0 atom stereocenters. The van der Waals surface area contributed by atoms with Crippen LogP contribution in [-0.2, 0) is 0 Å². The fraction of sp³-hybridized carbons (Fsp3) is 0.429. The highest BCUT2D eigenvalue weighted by Crippen LogP contribution is 2.39. The average Bonchev–Trinajstić information content (AvgIpc) is 3.14. The molecule has 4 heterocycles. The monoisotopic (exact) mass is 321 g/mol. The minimum absolute atomic E-state index is 0.270. The van der Waals surface area contributed by atoms with Gasteiger partial charge in [-0.1, -0.05) is 0 Å². The molecule has 0 saturated carbocycles. The normalized spacial score (nSPS) is 15.5. The lowest BCUT2D eigenvalue weighted by Crippen LogP contribution is -2.18. The van der Waals surface area contributed by atoms with Crippen LogP contribution in [-0.4, -0.2) is 33.3 Å². The molecule has 0 spiro atoms. The van der Waals surface area contributed by atoms with Crippen molar-refractivity contribution < 1.29 is 8.78 Å². The standard InChI is InChI=1S/C14H13F2N5S/c1-7-8-10-11(22-14(8)20-19-9(7)12(15)16)13(18-6-17-10)21-4-2-3-5-21/h6,12H,2-5H2,1H3. The molecule has 1 aliphatic heterocycles. The van der Waals surface area contributed by atoms with Crippen LogP contribution < -0.4 is 4.90 Å². The zero-order valence-corrected chi connectivity index (χ0v) is 12.7. The van der Waals surface area contributed by atoms with Gasteiger partial charge in [0.15, 0.2) is 0 Å². The Labute approximate surface area is 129 Å². The molecule has 1 saturated heterocycles. The number of aryl methyl sites for hydroxylation is 1. The maximum absolute atomic E-state index is 13.0. The third kappa shape index (κ3) is 1.93. The van der Waals surface area contributed by atoms with Crippen LogP contribution >= 0.6 is 11.3 Å². The van der Waals surface area contributed by atoms with Crippen molar-refractivity contribution in [3.05, 3.63) is 17.6 Å². The predicted molar refractivity (Wildman–Crippen MR) is 81.7 cm³/mol. The second kappa shape index (κ2) is 5.05. The minimum Gasteiger partial charge on any atom is -0.355 e. The summed E-state index contributed by atoms with van der Waals surface area (Å²) in [5.74, 6) is 0.878. The van der Waals surface area contributed by atoms with E-state index in [0.717, 1.165) is 36.4 Å². The highest BCUT2D eigenvalue weighted by molar-refractivity contribution is 7.26. The Kier molecular flexibility index (Phi) is 3.14. The Hall–Kier alpha value is -1.96. The maximum Gasteiger partial charge on any atom is 0.282 e. The first-order valence-corrected chi connectivity index (χ1v) is 7.92. The van der Waals surface area contributed by atoms with Crippen molar-refractivity contribution in [2.75, 3.05) is 18.0 Å². The van der Waals surface area contributed by atoms with E-state index in [4.69, 9.17) is 0 Å². The van der Waals surface area contributed by atoms with E-state index in [-0.39, 0.29) is 5.69 Å². The molecule has 0 amide bonds. The van der Waals surface area contributed by atoms with Gasteiger partial charge in [0.25, 0.3) is 6.43 Å². The Bertz CT molecular complexity index is 857. The van der Waals surface area contributed by atoms with Crippen molar-refractivity contribution in [3.8, 4) is 0 Å². The molecule has 3 aromatic rings. The van der Waals surface area contributed by atoms with Gasteiger partial charge >= 0.3 is 0 Å². The smallest absolute Gasteiger partial charge is 0.282 e. The number of hydrogen-bond acceptors (Lipinski definition) is 6. The minimum atomic E-state index is -2.63. The van der Waals surface area contributed by atoms with E-state index in [9.17, 15) is 8.78 Å². The summed E-state index contributed by atoms with van der Waals surface area (Å²) >= 11 is 1.42. The van der Waals surface area contributed by atoms with Gasteiger partial charge in [0.2, 0.25) is 0 Å². The third-order valence-corrected chi connectivity index (χ3v) is 5.11. The zero-order valence-electron chi connectivity index (χ0n) is 11.9. The van der Waals surface area contributed by atoms with E-state index < -0.39 is 6.43 Å². The van der Waals surface area contributed by atoms with Crippen molar-refractivity contribution in [3.63, 3.8) is 0 Å². The summed E-state index contributed by atoms with van der Waals surface area (Å²) in [6.45, 7) is 3.59. The second-order valence-corrected chi connectivity index (χ2v) is 6.36. The number of alkyl halides is 2. The van der Waals surface area contributed by atoms with Gasteiger partial charge in [-0.2, -0.15) is 0 Å². The zero-order chi connectivity index (χ0) is 15.3. The largest absolute Gasteiger partial charge is 0.355 e. The summed E-state index contributed by atoms with van der Waals surface area (Å²) in [5, 5.41) is 8.32. The first-order chi connectivity index (χ1) is 10.7. The molecular weight excluding hydrogens is 308 g/mol. The Morgan fingerprint density at radius 2 is 1.95 bits per heavy atom. The first kappa shape index (κ1) is 13.7. The Balaban J connectivity index is 2.02. The van der Waals surface area contributed by atoms with Gasteiger partial charge in [-0.05, 0) is 25.3 Å². The van der Waals surface area contributed by atoms with Crippen molar-refractivity contribution in [1.82, 2.24) is 20.2 Å². The van der Waals surface area contributed by atoms with Crippen LogP contribution in [0.15, 0.2) is 6.33 Å². The summed E-state index contributed by atoms with van der Waals surface area (Å²) in [5.41, 5.74) is 0.886. The lowest BCUT2D eigenvalue weighted by molar-refractivity contribution is 0.144. The predicted octanol–water partition coefficient (Wildman–Crippen LogP) is 3.48. The number of halogens is 2. The molecule has 0 aliphatic carbocycles. The van der Waals surface area contributed by atoms with E-state index in [0.29, 0.717) is 21.3 Å². The number of rotatable bonds is 2. The van der Waals surface area contributed by atoms with Crippen molar-refractivity contribution in [2.24, 2.45) is 0 Å². The van der Waals surface area contributed by atoms with Gasteiger partial charge < -0.3 is 4.90 Å². The van der Waals surface area contributed by atoms with Gasteiger partial charge in [0, 0.05) is 18.5 Å². The molecule has 0 bridgehead atoms. The molecule has 0 radical (unpaired) electrons. The molecule has 8 heteroatoms. The second-order valence-electron chi connectivity index (χ2n) is 5.36. The summed E-state index contributed by atoms with van der Waals surface area (Å²) in [6, 6.07) is 0. The Morgan fingerprint density at radius 1 is 1.18 bits per heavy atom. The van der Waals surface area contributed by atoms with Gasteiger partial charge in [0.1, 0.15) is 22.7 Å². The molecule has 0 N–H and O–H groups in total. The Morgan fingerprint density at radius 3 is 2.68 bits per heavy atom. The van der Waals surface area contributed by atoms with Gasteiger partial charge in [0.05, 0.1) is 10.2 Å². The molecule has 0 unspecified atom stereocenters. The topological polar surface area (TPSA) is 54.8 Å². The molecule has 0 aromatic carbocycles. The lowest BCUT2D eigenvalue weighted by atomic mass is 10.1.